The van der Waals surface area contributed by atoms with E-state index in [4.69, 9.17) is 0 Å². The standard InChI is InChI=1S/C20H28N6O/c1-14-15(2)23-26(16(14)3)19-9-8-18(21-22-19)24-10-12-25(13-11-24)20(27)17-6-4-5-7-17/h8-9,17H,4-7,10-13H2,1-3H3. The zero-order valence-corrected chi connectivity index (χ0v) is 16.5. The molecule has 2 aliphatic rings. The summed E-state index contributed by atoms with van der Waals surface area (Å²) in [4.78, 5) is 16.8. The average Bonchev–Trinajstić information content (AvgIpc) is 3.33. The van der Waals surface area contributed by atoms with Crippen LogP contribution < -0.4 is 4.90 Å². The van der Waals surface area contributed by atoms with Gasteiger partial charge in [0.05, 0.1) is 5.69 Å². The molecule has 1 aliphatic heterocycles. The molecular formula is C20H28N6O. The number of anilines is 1. The van der Waals surface area contributed by atoms with Gasteiger partial charge in [0.15, 0.2) is 11.6 Å². The summed E-state index contributed by atoms with van der Waals surface area (Å²) in [6.07, 6.45) is 4.54. The molecular weight excluding hydrogens is 340 g/mol. The molecule has 0 N–H and O–H groups in total. The maximum absolute atomic E-state index is 12.6. The number of aryl methyl sites for hydroxylation is 1. The number of piperazine rings is 1. The van der Waals surface area contributed by atoms with Crippen molar-refractivity contribution in [2.24, 2.45) is 5.92 Å². The van der Waals surface area contributed by atoms with E-state index in [0.29, 0.717) is 5.91 Å². The van der Waals surface area contributed by atoms with Crippen LogP contribution in [0.5, 0.6) is 0 Å². The van der Waals surface area contributed by atoms with Crippen molar-refractivity contribution in [3.05, 3.63) is 29.1 Å². The fourth-order valence-corrected chi connectivity index (χ4v) is 4.13. The van der Waals surface area contributed by atoms with Gasteiger partial charge in [0.1, 0.15) is 0 Å². The zero-order chi connectivity index (χ0) is 19.0. The molecule has 2 aromatic heterocycles. The number of carbonyl (C=O) groups is 1. The molecule has 0 aromatic carbocycles. The molecule has 3 heterocycles. The quantitative estimate of drug-likeness (QED) is 0.832. The number of hydrogen-bond acceptors (Lipinski definition) is 5. The van der Waals surface area contributed by atoms with Crippen LogP contribution in [-0.4, -0.2) is 57.0 Å². The van der Waals surface area contributed by atoms with Crippen molar-refractivity contribution in [1.29, 1.82) is 0 Å². The SMILES string of the molecule is Cc1nn(-c2ccc(N3CCN(C(=O)C4CCCC4)CC3)nn2)c(C)c1C. The van der Waals surface area contributed by atoms with E-state index in [-0.39, 0.29) is 5.92 Å². The first-order valence-corrected chi connectivity index (χ1v) is 9.95. The largest absolute Gasteiger partial charge is 0.352 e. The van der Waals surface area contributed by atoms with Gasteiger partial charge in [-0.05, 0) is 51.3 Å². The van der Waals surface area contributed by atoms with Crippen molar-refractivity contribution in [2.75, 3.05) is 31.1 Å². The topological polar surface area (TPSA) is 67.2 Å². The smallest absolute Gasteiger partial charge is 0.225 e. The van der Waals surface area contributed by atoms with Gasteiger partial charge in [-0.15, -0.1) is 10.2 Å². The van der Waals surface area contributed by atoms with E-state index in [1.54, 1.807) is 0 Å². The summed E-state index contributed by atoms with van der Waals surface area (Å²) >= 11 is 0. The monoisotopic (exact) mass is 368 g/mol. The number of aromatic nitrogens is 4. The molecule has 1 aliphatic carbocycles. The van der Waals surface area contributed by atoms with Gasteiger partial charge in [0.2, 0.25) is 5.91 Å². The minimum Gasteiger partial charge on any atom is -0.352 e. The van der Waals surface area contributed by atoms with Crippen LogP contribution >= 0.6 is 0 Å². The molecule has 2 aromatic rings. The second-order valence-corrected chi connectivity index (χ2v) is 7.75. The lowest BCUT2D eigenvalue weighted by Crippen LogP contribution is -2.50. The lowest BCUT2D eigenvalue weighted by molar-refractivity contribution is -0.135. The second kappa shape index (κ2) is 7.29. The molecule has 0 unspecified atom stereocenters. The second-order valence-electron chi connectivity index (χ2n) is 7.75. The predicted molar refractivity (Wildman–Crippen MR) is 104 cm³/mol. The third-order valence-corrected chi connectivity index (χ3v) is 6.13. The van der Waals surface area contributed by atoms with E-state index >= 15 is 0 Å². The Morgan fingerprint density at radius 1 is 0.963 bits per heavy atom. The third-order valence-electron chi connectivity index (χ3n) is 6.13. The highest BCUT2D eigenvalue weighted by Gasteiger charge is 2.29. The Morgan fingerprint density at radius 2 is 1.59 bits per heavy atom. The lowest BCUT2D eigenvalue weighted by atomic mass is 10.1. The van der Waals surface area contributed by atoms with Crippen LogP contribution in [0.2, 0.25) is 0 Å². The number of hydrogen-bond donors (Lipinski definition) is 0. The minimum absolute atomic E-state index is 0.264. The van der Waals surface area contributed by atoms with Gasteiger partial charge in [-0.2, -0.15) is 5.10 Å². The Morgan fingerprint density at radius 3 is 2.15 bits per heavy atom. The highest BCUT2D eigenvalue weighted by Crippen LogP contribution is 2.27. The Hall–Kier alpha value is -2.44. The van der Waals surface area contributed by atoms with Crippen molar-refractivity contribution in [1.82, 2.24) is 24.9 Å². The molecule has 4 rings (SSSR count). The van der Waals surface area contributed by atoms with Gasteiger partial charge in [-0.25, -0.2) is 4.68 Å². The summed E-state index contributed by atoms with van der Waals surface area (Å²) < 4.78 is 1.85. The molecule has 0 atom stereocenters. The summed E-state index contributed by atoms with van der Waals surface area (Å²) in [6.45, 7) is 9.29. The van der Waals surface area contributed by atoms with Crippen LogP contribution in [0.4, 0.5) is 5.82 Å². The molecule has 0 spiro atoms. The molecule has 1 saturated carbocycles. The van der Waals surface area contributed by atoms with E-state index in [9.17, 15) is 4.79 Å². The molecule has 7 nitrogen and oxygen atoms in total. The van der Waals surface area contributed by atoms with E-state index in [0.717, 1.165) is 62.0 Å². The number of amides is 1. The van der Waals surface area contributed by atoms with E-state index in [1.165, 1.54) is 18.4 Å². The molecule has 7 heteroatoms. The third kappa shape index (κ3) is 3.42. The molecule has 27 heavy (non-hydrogen) atoms. The van der Waals surface area contributed by atoms with Crippen LogP contribution in [0.25, 0.3) is 5.82 Å². The van der Waals surface area contributed by atoms with E-state index in [1.807, 2.05) is 35.6 Å². The maximum atomic E-state index is 12.6. The Kier molecular flexibility index (Phi) is 4.85. The van der Waals surface area contributed by atoms with E-state index < -0.39 is 0 Å². The first kappa shape index (κ1) is 17.9. The van der Waals surface area contributed by atoms with Gasteiger partial charge in [-0.3, -0.25) is 4.79 Å². The molecule has 0 bridgehead atoms. The van der Waals surface area contributed by atoms with Crippen LogP contribution in [0.15, 0.2) is 12.1 Å². The zero-order valence-electron chi connectivity index (χ0n) is 16.5. The average molecular weight is 368 g/mol. The molecule has 2 fully saturated rings. The van der Waals surface area contributed by atoms with Crippen molar-refractivity contribution in [3.8, 4) is 5.82 Å². The van der Waals surface area contributed by atoms with Crippen LogP contribution in [0.3, 0.4) is 0 Å². The van der Waals surface area contributed by atoms with Crippen molar-refractivity contribution >= 4 is 11.7 Å². The fourth-order valence-electron chi connectivity index (χ4n) is 4.13. The van der Waals surface area contributed by atoms with Crippen LogP contribution in [0, 0.1) is 26.7 Å². The first-order chi connectivity index (χ1) is 13.0. The maximum Gasteiger partial charge on any atom is 0.225 e. The summed E-state index contributed by atoms with van der Waals surface area (Å²) in [5.41, 5.74) is 3.29. The Balaban J connectivity index is 1.40. The number of rotatable bonds is 3. The summed E-state index contributed by atoms with van der Waals surface area (Å²) in [6, 6.07) is 3.97. The van der Waals surface area contributed by atoms with Gasteiger partial charge in [0.25, 0.3) is 0 Å². The van der Waals surface area contributed by atoms with Crippen molar-refractivity contribution in [2.45, 2.75) is 46.5 Å². The minimum atomic E-state index is 0.264. The Bertz CT molecular complexity index is 814. The van der Waals surface area contributed by atoms with Crippen molar-refractivity contribution in [3.63, 3.8) is 0 Å². The fraction of sp³-hybridized carbons (Fsp3) is 0.600. The molecule has 144 valence electrons. The highest BCUT2D eigenvalue weighted by atomic mass is 16.2. The first-order valence-electron chi connectivity index (χ1n) is 9.95. The number of nitrogens with zero attached hydrogens (tertiary/aromatic N) is 6. The normalized spacial score (nSPS) is 18.3. The van der Waals surface area contributed by atoms with Gasteiger partial charge in [0, 0.05) is 37.8 Å². The van der Waals surface area contributed by atoms with Crippen molar-refractivity contribution < 1.29 is 4.79 Å². The molecule has 1 saturated heterocycles. The summed E-state index contributed by atoms with van der Waals surface area (Å²) in [7, 11) is 0. The summed E-state index contributed by atoms with van der Waals surface area (Å²) in [5.74, 6) is 2.22. The Labute approximate surface area is 160 Å². The number of carbonyl (C=O) groups excluding carboxylic acids is 1. The van der Waals surface area contributed by atoms with Gasteiger partial charge in [-0.1, -0.05) is 12.8 Å². The molecule has 1 amide bonds. The van der Waals surface area contributed by atoms with Gasteiger partial charge >= 0.3 is 0 Å². The van der Waals surface area contributed by atoms with Gasteiger partial charge < -0.3 is 9.80 Å². The predicted octanol–water partition coefficient (Wildman–Crippen LogP) is 2.43. The van der Waals surface area contributed by atoms with E-state index in [2.05, 4.69) is 27.1 Å². The highest BCUT2D eigenvalue weighted by molar-refractivity contribution is 5.79. The van der Waals surface area contributed by atoms with Crippen LogP contribution in [-0.2, 0) is 4.79 Å². The molecule has 0 radical (unpaired) electrons. The lowest BCUT2D eigenvalue weighted by Gasteiger charge is -2.36. The summed E-state index contributed by atoms with van der Waals surface area (Å²) in [5, 5.41) is 13.3. The van der Waals surface area contributed by atoms with Crippen LogP contribution in [0.1, 0.15) is 42.6 Å².